The highest BCUT2D eigenvalue weighted by Crippen LogP contribution is 2.24. The molecule has 0 radical (unpaired) electrons. The van der Waals surface area contributed by atoms with Crippen molar-refractivity contribution >= 4 is 46.3 Å². The third-order valence-electron chi connectivity index (χ3n) is 2.06. The predicted octanol–water partition coefficient (Wildman–Crippen LogP) is 3.82. The largest absolute Gasteiger partial charge is 0.320 e. The van der Waals surface area contributed by atoms with Crippen LogP contribution in [0.1, 0.15) is 16.5 Å². The van der Waals surface area contributed by atoms with Gasteiger partial charge in [-0.1, -0.05) is 18.2 Å². The van der Waals surface area contributed by atoms with Crippen molar-refractivity contribution in [2.75, 3.05) is 0 Å². The Morgan fingerprint density at radius 3 is 2.60 bits per heavy atom. The number of benzene rings is 1. The van der Waals surface area contributed by atoms with E-state index in [0.717, 1.165) is 0 Å². The summed E-state index contributed by atoms with van der Waals surface area (Å²) in [6, 6.07) is 12.5. The maximum atomic E-state index is 6.14. The maximum absolute atomic E-state index is 6.14. The second-order valence-electron chi connectivity index (χ2n) is 3.05. The molecule has 0 saturated heterocycles. The van der Waals surface area contributed by atoms with Crippen LogP contribution in [0.5, 0.6) is 0 Å². The summed E-state index contributed by atoms with van der Waals surface area (Å²) in [6.45, 7) is 0. The molecule has 0 fully saturated rings. The third kappa shape index (κ3) is 3.17. The van der Waals surface area contributed by atoms with Crippen LogP contribution in [0.2, 0.25) is 0 Å². The van der Waals surface area contributed by atoms with E-state index in [4.69, 9.17) is 5.73 Å². The van der Waals surface area contributed by atoms with E-state index in [0.29, 0.717) is 0 Å². The van der Waals surface area contributed by atoms with Gasteiger partial charge in [0.2, 0.25) is 0 Å². The van der Waals surface area contributed by atoms with Crippen molar-refractivity contribution in [2.45, 2.75) is 6.04 Å². The van der Waals surface area contributed by atoms with Gasteiger partial charge in [-0.25, -0.2) is 0 Å². The van der Waals surface area contributed by atoms with Gasteiger partial charge >= 0.3 is 0 Å². The fraction of sp³-hybridized carbons (Fsp3) is 0.0909. The molecular formula is C11H11ClINS. The molecule has 1 heterocycles. The topological polar surface area (TPSA) is 26.0 Å². The third-order valence-corrected chi connectivity index (χ3v) is 3.68. The van der Waals surface area contributed by atoms with Crippen LogP contribution < -0.4 is 5.73 Å². The molecule has 15 heavy (non-hydrogen) atoms. The van der Waals surface area contributed by atoms with Crippen molar-refractivity contribution in [1.29, 1.82) is 0 Å². The van der Waals surface area contributed by atoms with E-state index in [2.05, 4.69) is 52.2 Å². The van der Waals surface area contributed by atoms with Gasteiger partial charge in [-0.2, -0.15) is 0 Å². The SMILES string of the molecule is Cl.N[C@H](c1cccc(I)c1)c1cccs1. The molecule has 1 aromatic carbocycles. The summed E-state index contributed by atoms with van der Waals surface area (Å²) >= 11 is 4.01. The highest BCUT2D eigenvalue weighted by atomic mass is 127. The number of hydrogen-bond acceptors (Lipinski definition) is 2. The first-order valence-electron chi connectivity index (χ1n) is 4.32. The molecule has 2 aromatic rings. The highest BCUT2D eigenvalue weighted by molar-refractivity contribution is 14.1. The Hall–Kier alpha value is -0.100. The molecule has 1 aromatic heterocycles. The van der Waals surface area contributed by atoms with E-state index in [1.165, 1.54) is 14.0 Å². The van der Waals surface area contributed by atoms with Crippen molar-refractivity contribution in [3.05, 3.63) is 55.8 Å². The molecule has 0 bridgehead atoms. The molecular weight excluding hydrogens is 341 g/mol. The Morgan fingerprint density at radius 1 is 1.20 bits per heavy atom. The van der Waals surface area contributed by atoms with Crippen LogP contribution in [-0.2, 0) is 0 Å². The van der Waals surface area contributed by atoms with Crippen molar-refractivity contribution in [1.82, 2.24) is 0 Å². The number of halogens is 2. The Balaban J connectivity index is 0.00000112. The lowest BCUT2D eigenvalue weighted by Crippen LogP contribution is -2.09. The molecule has 0 saturated carbocycles. The Bertz CT molecular complexity index is 416. The molecule has 0 aliphatic rings. The fourth-order valence-electron chi connectivity index (χ4n) is 1.33. The fourth-order valence-corrected chi connectivity index (χ4v) is 2.65. The van der Waals surface area contributed by atoms with Gasteiger partial charge in [-0.05, 0) is 51.7 Å². The van der Waals surface area contributed by atoms with Gasteiger partial charge in [0.1, 0.15) is 0 Å². The normalized spacial score (nSPS) is 11.9. The van der Waals surface area contributed by atoms with Crippen molar-refractivity contribution in [2.24, 2.45) is 5.73 Å². The molecule has 2 rings (SSSR count). The lowest BCUT2D eigenvalue weighted by Gasteiger charge is -2.09. The zero-order valence-electron chi connectivity index (χ0n) is 7.89. The van der Waals surface area contributed by atoms with E-state index >= 15 is 0 Å². The van der Waals surface area contributed by atoms with E-state index in [1.807, 2.05) is 12.1 Å². The Kier molecular flexibility index (Phi) is 5.05. The minimum Gasteiger partial charge on any atom is -0.320 e. The number of thiophene rings is 1. The molecule has 1 atom stereocenters. The van der Waals surface area contributed by atoms with Gasteiger partial charge < -0.3 is 5.73 Å². The molecule has 1 nitrogen and oxygen atoms in total. The van der Waals surface area contributed by atoms with Gasteiger partial charge in [0.05, 0.1) is 6.04 Å². The molecule has 0 spiro atoms. The minimum atomic E-state index is 0. The van der Waals surface area contributed by atoms with Gasteiger partial charge in [0.15, 0.2) is 0 Å². The summed E-state index contributed by atoms with van der Waals surface area (Å²) in [4.78, 5) is 1.21. The molecule has 0 aliphatic carbocycles. The van der Waals surface area contributed by atoms with Gasteiger partial charge in [0, 0.05) is 8.45 Å². The van der Waals surface area contributed by atoms with Gasteiger partial charge in [-0.15, -0.1) is 23.7 Å². The quantitative estimate of drug-likeness (QED) is 0.818. The molecule has 0 unspecified atom stereocenters. The Morgan fingerprint density at radius 2 is 2.00 bits per heavy atom. The second kappa shape index (κ2) is 5.84. The summed E-state index contributed by atoms with van der Waals surface area (Å²) in [5.74, 6) is 0. The van der Waals surface area contributed by atoms with Crippen LogP contribution in [0, 0.1) is 3.57 Å². The average molecular weight is 352 g/mol. The highest BCUT2D eigenvalue weighted by Gasteiger charge is 2.09. The molecule has 0 amide bonds. The molecule has 80 valence electrons. The van der Waals surface area contributed by atoms with Crippen LogP contribution in [0.15, 0.2) is 41.8 Å². The van der Waals surface area contributed by atoms with Crippen LogP contribution in [0.4, 0.5) is 0 Å². The molecule has 0 aliphatic heterocycles. The van der Waals surface area contributed by atoms with Crippen LogP contribution >= 0.6 is 46.3 Å². The Labute approximate surface area is 113 Å². The lowest BCUT2D eigenvalue weighted by molar-refractivity contribution is 0.892. The monoisotopic (exact) mass is 351 g/mol. The van der Waals surface area contributed by atoms with Gasteiger partial charge in [-0.3, -0.25) is 0 Å². The summed E-state index contributed by atoms with van der Waals surface area (Å²) in [6.07, 6.45) is 0. The first-order chi connectivity index (χ1) is 6.77. The first kappa shape index (κ1) is 13.0. The van der Waals surface area contributed by atoms with E-state index < -0.39 is 0 Å². The molecule has 2 N–H and O–H groups in total. The van der Waals surface area contributed by atoms with Crippen LogP contribution in [-0.4, -0.2) is 0 Å². The standard InChI is InChI=1S/C11H10INS.ClH/c12-9-4-1-3-8(7-9)11(13)10-5-2-6-14-10;/h1-7,11H,13H2;1H/t11-;/m1./s1. The summed E-state index contributed by atoms with van der Waals surface area (Å²) in [7, 11) is 0. The first-order valence-corrected chi connectivity index (χ1v) is 6.27. The van der Waals surface area contributed by atoms with E-state index in [1.54, 1.807) is 11.3 Å². The maximum Gasteiger partial charge on any atom is 0.0646 e. The minimum absolute atomic E-state index is 0. The van der Waals surface area contributed by atoms with Crippen molar-refractivity contribution < 1.29 is 0 Å². The van der Waals surface area contributed by atoms with Crippen molar-refractivity contribution in [3.8, 4) is 0 Å². The van der Waals surface area contributed by atoms with Crippen molar-refractivity contribution in [3.63, 3.8) is 0 Å². The van der Waals surface area contributed by atoms with Crippen LogP contribution in [0.3, 0.4) is 0 Å². The predicted molar refractivity (Wildman–Crippen MR) is 76.8 cm³/mol. The zero-order valence-corrected chi connectivity index (χ0v) is 11.7. The van der Waals surface area contributed by atoms with E-state index in [9.17, 15) is 0 Å². The summed E-state index contributed by atoms with van der Waals surface area (Å²) < 4.78 is 1.23. The smallest absolute Gasteiger partial charge is 0.0646 e. The summed E-state index contributed by atoms with van der Waals surface area (Å²) in [5.41, 5.74) is 7.32. The number of hydrogen-bond donors (Lipinski definition) is 1. The zero-order chi connectivity index (χ0) is 9.97. The van der Waals surface area contributed by atoms with Crippen LogP contribution in [0.25, 0.3) is 0 Å². The average Bonchev–Trinajstić information content (AvgIpc) is 2.69. The number of rotatable bonds is 2. The number of nitrogens with two attached hydrogens (primary N) is 1. The lowest BCUT2D eigenvalue weighted by atomic mass is 10.1. The second-order valence-corrected chi connectivity index (χ2v) is 5.27. The molecule has 4 heteroatoms. The summed E-state index contributed by atoms with van der Waals surface area (Å²) in [5, 5.41) is 2.06. The van der Waals surface area contributed by atoms with E-state index in [-0.39, 0.29) is 18.4 Å². The van der Waals surface area contributed by atoms with Gasteiger partial charge in [0.25, 0.3) is 0 Å².